The minimum atomic E-state index is -0.444. The van der Waals surface area contributed by atoms with E-state index >= 15 is 0 Å². The number of esters is 1. The molecule has 1 aliphatic heterocycles. The van der Waals surface area contributed by atoms with Crippen LogP contribution in [0.5, 0.6) is 0 Å². The van der Waals surface area contributed by atoms with Crippen LogP contribution in [0.4, 0.5) is 5.82 Å². The molecule has 1 unspecified atom stereocenters. The van der Waals surface area contributed by atoms with Crippen molar-refractivity contribution in [3.63, 3.8) is 0 Å². The number of carbonyl (C=O) groups excluding carboxylic acids is 1. The second kappa shape index (κ2) is 5.33. The van der Waals surface area contributed by atoms with Crippen molar-refractivity contribution in [3.05, 3.63) is 17.5 Å². The first kappa shape index (κ1) is 14.1. The molecule has 0 spiro atoms. The summed E-state index contributed by atoms with van der Waals surface area (Å²) in [6.45, 7) is 6.99. The van der Waals surface area contributed by atoms with Crippen LogP contribution in [0.2, 0.25) is 5.15 Å². The first-order valence-electron chi connectivity index (χ1n) is 6.30. The summed E-state index contributed by atoms with van der Waals surface area (Å²) in [5.74, 6) is 0.448. The fourth-order valence-electron chi connectivity index (χ4n) is 2.03. The van der Waals surface area contributed by atoms with E-state index in [-0.39, 0.29) is 11.9 Å². The normalized spacial score (nSPS) is 19.6. The molecule has 0 radical (unpaired) electrons. The second-order valence-corrected chi connectivity index (χ2v) is 6.05. The molecule has 1 aromatic heterocycles. The van der Waals surface area contributed by atoms with Gasteiger partial charge in [-0.2, -0.15) is 0 Å². The molecule has 0 N–H and O–H groups in total. The Balaban J connectivity index is 1.98. The van der Waals surface area contributed by atoms with E-state index in [9.17, 15) is 4.79 Å². The standard InChI is InChI=1S/C13H18ClN3O2/c1-13(2,3)19-12(18)9-4-5-17(8-9)11-7-15-6-10(14)16-11/h6-7,9H,4-5,8H2,1-3H3. The van der Waals surface area contributed by atoms with E-state index in [0.717, 1.165) is 13.0 Å². The molecule has 2 heterocycles. The molecule has 104 valence electrons. The number of rotatable bonds is 2. The molecule has 0 aromatic carbocycles. The van der Waals surface area contributed by atoms with E-state index in [0.29, 0.717) is 17.5 Å². The molecule has 5 nitrogen and oxygen atoms in total. The molecule has 1 fully saturated rings. The Bertz CT molecular complexity index is 473. The number of anilines is 1. The van der Waals surface area contributed by atoms with Gasteiger partial charge in [-0.3, -0.25) is 9.78 Å². The molecule has 1 aromatic rings. The first-order valence-corrected chi connectivity index (χ1v) is 6.68. The van der Waals surface area contributed by atoms with Gasteiger partial charge < -0.3 is 9.64 Å². The van der Waals surface area contributed by atoms with Gasteiger partial charge in [0, 0.05) is 13.1 Å². The fraction of sp³-hybridized carbons (Fsp3) is 0.615. The monoisotopic (exact) mass is 283 g/mol. The van der Waals surface area contributed by atoms with Crippen molar-refractivity contribution in [3.8, 4) is 0 Å². The highest BCUT2D eigenvalue weighted by Crippen LogP contribution is 2.24. The predicted octanol–water partition coefficient (Wildman–Crippen LogP) is 2.30. The third-order valence-corrected chi connectivity index (χ3v) is 3.03. The van der Waals surface area contributed by atoms with Crippen LogP contribution in [0.25, 0.3) is 0 Å². The highest BCUT2D eigenvalue weighted by Gasteiger charge is 2.32. The van der Waals surface area contributed by atoms with Crippen molar-refractivity contribution in [1.82, 2.24) is 9.97 Å². The summed E-state index contributed by atoms with van der Waals surface area (Å²) in [6.07, 6.45) is 3.92. The van der Waals surface area contributed by atoms with E-state index < -0.39 is 5.60 Å². The van der Waals surface area contributed by atoms with Gasteiger partial charge in [0.05, 0.1) is 18.3 Å². The number of nitrogens with zero attached hydrogens (tertiary/aromatic N) is 3. The lowest BCUT2D eigenvalue weighted by molar-refractivity contribution is -0.159. The Hall–Kier alpha value is -1.36. The van der Waals surface area contributed by atoms with Crippen molar-refractivity contribution in [2.45, 2.75) is 32.8 Å². The molecule has 1 aliphatic rings. The zero-order chi connectivity index (χ0) is 14.0. The number of aromatic nitrogens is 2. The maximum atomic E-state index is 12.0. The minimum absolute atomic E-state index is 0.111. The van der Waals surface area contributed by atoms with Crippen LogP contribution in [0, 0.1) is 5.92 Å². The zero-order valence-corrected chi connectivity index (χ0v) is 12.1. The van der Waals surface area contributed by atoms with E-state index in [1.807, 2.05) is 25.7 Å². The Labute approximate surface area is 117 Å². The first-order chi connectivity index (χ1) is 8.85. The Morgan fingerprint density at radius 3 is 2.84 bits per heavy atom. The maximum Gasteiger partial charge on any atom is 0.311 e. The lowest BCUT2D eigenvalue weighted by Gasteiger charge is -2.22. The van der Waals surface area contributed by atoms with E-state index in [4.69, 9.17) is 16.3 Å². The zero-order valence-electron chi connectivity index (χ0n) is 11.4. The van der Waals surface area contributed by atoms with Crippen LogP contribution in [-0.4, -0.2) is 34.6 Å². The number of ether oxygens (including phenoxy) is 1. The van der Waals surface area contributed by atoms with Crippen LogP contribution in [0.3, 0.4) is 0 Å². The molecule has 1 atom stereocenters. The number of hydrogen-bond donors (Lipinski definition) is 0. The van der Waals surface area contributed by atoms with Gasteiger partial charge in [-0.15, -0.1) is 0 Å². The SMILES string of the molecule is CC(C)(C)OC(=O)C1CCN(c2cncc(Cl)n2)C1. The highest BCUT2D eigenvalue weighted by molar-refractivity contribution is 6.29. The topological polar surface area (TPSA) is 55.3 Å². The molecule has 6 heteroatoms. The summed E-state index contributed by atoms with van der Waals surface area (Å²) in [5.41, 5.74) is -0.444. The quantitative estimate of drug-likeness (QED) is 0.780. The van der Waals surface area contributed by atoms with Gasteiger partial charge in [0.15, 0.2) is 0 Å². The van der Waals surface area contributed by atoms with Crippen LogP contribution < -0.4 is 4.90 Å². The summed E-state index contributed by atoms with van der Waals surface area (Å²) in [4.78, 5) is 22.2. The van der Waals surface area contributed by atoms with E-state index in [1.165, 1.54) is 6.20 Å². The molecule has 19 heavy (non-hydrogen) atoms. The summed E-state index contributed by atoms with van der Waals surface area (Å²) >= 11 is 5.82. The molecule has 0 saturated carbocycles. The summed E-state index contributed by atoms with van der Waals surface area (Å²) in [6, 6.07) is 0. The molecule has 0 amide bonds. The highest BCUT2D eigenvalue weighted by atomic mass is 35.5. The van der Waals surface area contributed by atoms with Crippen molar-refractivity contribution in [2.24, 2.45) is 5.92 Å². The number of hydrogen-bond acceptors (Lipinski definition) is 5. The number of carbonyl (C=O) groups is 1. The Morgan fingerprint density at radius 1 is 1.47 bits per heavy atom. The summed E-state index contributed by atoms with van der Waals surface area (Å²) in [5, 5.41) is 0.359. The third-order valence-electron chi connectivity index (χ3n) is 2.84. The van der Waals surface area contributed by atoms with Crippen LogP contribution in [0.1, 0.15) is 27.2 Å². The minimum Gasteiger partial charge on any atom is -0.460 e. The predicted molar refractivity (Wildman–Crippen MR) is 73.2 cm³/mol. The molecule has 0 bridgehead atoms. The fourth-order valence-corrected chi connectivity index (χ4v) is 2.17. The van der Waals surface area contributed by atoms with Gasteiger partial charge in [-0.25, -0.2) is 4.98 Å². The second-order valence-electron chi connectivity index (χ2n) is 5.67. The van der Waals surface area contributed by atoms with Crippen LogP contribution in [-0.2, 0) is 9.53 Å². The number of halogens is 1. The molecule has 0 aliphatic carbocycles. The van der Waals surface area contributed by atoms with Gasteiger partial charge >= 0.3 is 5.97 Å². The largest absolute Gasteiger partial charge is 0.460 e. The molecule has 2 rings (SSSR count). The van der Waals surface area contributed by atoms with E-state index in [2.05, 4.69) is 9.97 Å². The van der Waals surface area contributed by atoms with Gasteiger partial charge in [-0.05, 0) is 27.2 Å². The summed E-state index contributed by atoms with van der Waals surface area (Å²) in [7, 11) is 0. The molecular formula is C13H18ClN3O2. The van der Waals surface area contributed by atoms with Crippen molar-refractivity contribution >= 4 is 23.4 Å². The Morgan fingerprint density at radius 2 is 2.21 bits per heavy atom. The van der Waals surface area contributed by atoms with Gasteiger partial charge in [0.25, 0.3) is 0 Å². The summed E-state index contributed by atoms with van der Waals surface area (Å²) < 4.78 is 5.40. The molecular weight excluding hydrogens is 266 g/mol. The van der Waals surface area contributed by atoms with Gasteiger partial charge in [0.1, 0.15) is 16.6 Å². The van der Waals surface area contributed by atoms with Gasteiger partial charge in [0.2, 0.25) is 0 Å². The van der Waals surface area contributed by atoms with Crippen molar-refractivity contribution in [1.29, 1.82) is 0 Å². The van der Waals surface area contributed by atoms with Crippen LogP contribution >= 0.6 is 11.6 Å². The van der Waals surface area contributed by atoms with E-state index in [1.54, 1.807) is 6.20 Å². The maximum absolute atomic E-state index is 12.0. The lowest BCUT2D eigenvalue weighted by Crippen LogP contribution is -2.30. The van der Waals surface area contributed by atoms with Crippen LogP contribution in [0.15, 0.2) is 12.4 Å². The smallest absolute Gasteiger partial charge is 0.311 e. The van der Waals surface area contributed by atoms with Gasteiger partial charge in [-0.1, -0.05) is 11.6 Å². The Kier molecular flexibility index (Phi) is 3.94. The lowest BCUT2D eigenvalue weighted by atomic mass is 10.1. The molecule has 1 saturated heterocycles. The van der Waals surface area contributed by atoms with Crippen molar-refractivity contribution < 1.29 is 9.53 Å². The average Bonchev–Trinajstić information content (AvgIpc) is 2.75. The van der Waals surface area contributed by atoms with Crippen molar-refractivity contribution in [2.75, 3.05) is 18.0 Å². The average molecular weight is 284 g/mol. The third kappa shape index (κ3) is 3.80.